The summed E-state index contributed by atoms with van der Waals surface area (Å²) in [5.41, 5.74) is 0.621. The van der Waals surface area contributed by atoms with Crippen molar-refractivity contribution in [3.63, 3.8) is 0 Å². The van der Waals surface area contributed by atoms with Crippen LogP contribution in [0.15, 0.2) is 30.3 Å². The molecule has 0 saturated heterocycles. The molecule has 0 atom stereocenters. The Bertz CT molecular complexity index is 506. The van der Waals surface area contributed by atoms with E-state index in [2.05, 4.69) is 0 Å². The second-order valence-electron chi connectivity index (χ2n) is 2.99. The highest BCUT2D eigenvalue weighted by Gasteiger charge is 2.01. The Hall–Kier alpha value is -1.05. The Morgan fingerprint density at radius 2 is 1.86 bits per heavy atom. The zero-order chi connectivity index (χ0) is 10.1. The second-order valence-corrected chi connectivity index (χ2v) is 3.83. The first-order valence-corrected chi connectivity index (χ1v) is 4.80. The Morgan fingerprint density at radius 1 is 1.07 bits per heavy atom. The molecular formula is C11H6Cl2O. The molecule has 0 aromatic heterocycles. The Labute approximate surface area is 91.2 Å². The van der Waals surface area contributed by atoms with Crippen LogP contribution < -0.4 is 0 Å². The van der Waals surface area contributed by atoms with Gasteiger partial charge in [-0.1, -0.05) is 35.3 Å². The van der Waals surface area contributed by atoms with E-state index >= 15 is 0 Å². The number of carbonyl (C=O) groups is 1. The standard InChI is InChI=1S/C11H6Cl2O/c12-9-4-8-3-7(6-14)1-2-10(8)11(13)5-9/h1-6H. The molecule has 0 heterocycles. The van der Waals surface area contributed by atoms with Crippen molar-refractivity contribution in [3.05, 3.63) is 45.9 Å². The summed E-state index contributed by atoms with van der Waals surface area (Å²) in [7, 11) is 0. The normalized spacial score (nSPS) is 10.4. The molecule has 14 heavy (non-hydrogen) atoms. The van der Waals surface area contributed by atoms with E-state index in [1.165, 1.54) is 0 Å². The summed E-state index contributed by atoms with van der Waals surface area (Å²) < 4.78 is 0. The van der Waals surface area contributed by atoms with Gasteiger partial charge in [0.25, 0.3) is 0 Å². The first-order chi connectivity index (χ1) is 6.70. The van der Waals surface area contributed by atoms with Gasteiger partial charge in [0.05, 0.1) is 0 Å². The van der Waals surface area contributed by atoms with Crippen molar-refractivity contribution >= 4 is 40.3 Å². The van der Waals surface area contributed by atoms with Crippen LogP contribution in [0.25, 0.3) is 10.8 Å². The van der Waals surface area contributed by atoms with Crippen LogP contribution in [0, 0.1) is 0 Å². The third-order valence-electron chi connectivity index (χ3n) is 2.03. The SMILES string of the molecule is O=Cc1ccc2c(Cl)cc(Cl)cc2c1. The van der Waals surface area contributed by atoms with Crippen molar-refractivity contribution in [1.29, 1.82) is 0 Å². The van der Waals surface area contributed by atoms with Crippen LogP contribution in [0.2, 0.25) is 10.0 Å². The van der Waals surface area contributed by atoms with Crippen molar-refractivity contribution < 1.29 is 4.79 Å². The summed E-state index contributed by atoms with van der Waals surface area (Å²) in [6, 6.07) is 8.79. The summed E-state index contributed by atoms with van der Waals surface area (Å²) in [6.07, 6.45) is 0.800. The number of fused-ring (bicyclic) bond motifs is 1. The fraction of sp³-hybridized carbons (Fsp3) is 0. The van der Waals surface area contributed by atoms with E-state index in [9.17, 15) is 4.79 Å². The Balaban J connectivity index is 2.81. The van der Waals surface area contributed by atoms with Gasteiger partial charge >= 0.3 is 0 Å². The van der Waals surface area contributed by atoms with E-state index in [1.54, 1.807) is 24.3 Å². The first-order valence-electron chi connectivity index (χ1n) is 4.05. The predicted octanol–water partition coefficient (Wildman–Crippen LogP) is 3.96. The van der Waals surface area contributed by atoms with Crippen LogP contribution >= 0.6 is 23.2 Å². The molecule has 0 aliphatic heterocycles. The minimum Gasteiger partial charge on any atom is -0.298 e. The largest absolute Gasteiger partial charge is 0.298 e. The fourth-order valence-corrected chi connectivity index (χ4v) is 1.95. The fourth-order valence-electron chi connectivity index (χ4n) is 1.38. The lowest BCUT2D eigenvalue weighted by Gasteiger charge is -2.01. The molecule has 0 radical (unpaired) electrons. The summed E-state index contributed by atoms with van der Waals surface area (Å²) in [5, 5.41) is 2.96. The molecule has 3 heteroatoms. The van der Waals surface area contributed by atoms with Gasteiger partial charge < -0.3 is 0 Å². The molecule has 0 spiro atoms. The third kappa shape index (κ3) is 1.61. The molecule has 0 unspecified atom stereocenters. The first kappa shape index (κ1) is 9.50. The molecule has 2 rings (SSSR count). The maximum absolute atomic E-state index is 10.6. The summed E-state index contributed by atoms with van der Waals surface area (Å²) in [4.78, 5) is 10.6. The molecule has 70 valence electrons. The number of hydrogen-bond donors (Lipinski definition) is 0. The molecule has 0 aliphatic carbocycles. The molecule has 2 aromatic carbocycles. The van der Waals surface area contributed by atoms with Crippen LogP contribution in [-0.2, 0) is 0 Å². The maximum Gasteiger partial charge on any atom is 0.150 e. The number of benzene rings is 2. The van der Waals surface area contributed by atoms with Gasteiger partial charge in [0.1, 0.15) is 6.29 Å². The van der Waals surface area contributed by atoms with E-state index in [4.69, 9.17) is 23.2 Å². The smallest absolute Gasteiger partial charge is 0.150 e. The molecule has 1 nitrogen and oxygen atoms in total. The number of aldehydes is 1. The van der Waals surface area contributed by atoms with Gasteiger partial charge in [-0.15, -0.1) is 0 Å². The summed E-state index contributed by atoms with van der Waals surface area (Å²) in [5.74, 6) is 0. The predicted molar refractivity (Wildman–Crippen MR) is 59.4 cm³/mol. The molecule has 0 fully saturated rings. The summed E-state index contributed by atoms with van der Waals surface area (Å²) in [6.45, 7) is 0. The molecule has 2 aromatic rings. The maximum atomic E-state index is 10.6. The van der Waals surface area contributed by atoms with Gasteiger partial charge in [0.2, 0.25) is 0 Å². The lowest BCUT2D eigenvalue weighted by Crippen LogP contribution is -1.81. The Kier molecular flexibility index (Phi) is 2.44. The number of carbonyl (C=O) groups excluding carboxylic acids is 1. The zero-order valence-electron chi connectivity index (χ0n) is 7.13. The average molecular weight is 225 g/mol. The lowest BCUT2D eigenvalue weighted by atomic mass is 10.1. The van der Waals surface area contributed by atoms with E-state index in [-0.39, 0.29) is 0 Å². The molecule has 0 N–H and O–H groups in total. The third-order valence-corrected chi connectivity index (χ3v) is 2.56. The van der Waals surface area contributed by atoms with Gasteiger partial charge in [-0.25, -0.2) is 0 Å². The minimum atomic E-state index is 0.575. The van der Waals surface area contributed by atoms with Crippen molar-refractivity contribution in [3.8, 4) is 0 Å². The van der Waals surface area contributed by atoms with E-state index < -0.39 is 0 Å². The molecule has 0 saturated carbocycles. The quantitative estimate of drug-likeness (QED) is 0.671. The highest BCUT2D eigenvalue weighted by molar-refractivity contribution is 6.38. The van der Waals surface area contributed by atoms with Gasteiger partial charge in [0.15, 0.2) is 0 Å². The topological polar surface area (TPSA) is 17.1 Å². The van der Waals surface area contributed by atoms with Gasteiger partial charge in [-0.3, -0.25) is 4.79 Å². The van der Waals surface area contributed by atoms with Gasteiger partial charge in [-0.2, -0.15) is 0 Å². The molecule has 0 amide bonds. The van der Waals surface area contributed by atoms with Crippen LogP contribution in [0.5, 0.6) is 0 Å². The van der Waals surface area contributed by atoms with E-state index in [0.29, 0.717) is 15.6 Å². The molecule has 0 aliphatic rings. The molecular weight excluding hydrogens is 219 g/mol. The van der Waals surface area contributed by atoms with Crippen molar-refractivity contribution in [2.24, 2.45) is 0 Å². The zero-order valence-corrected chi connectivity index (χ0v) is 8.64. The number of hydrogen-bond acceptors (Lipinski definition) is 1. The van der Waals surface area contributed by atoms with E-state index in [0.717, 1.165) is 17.1 Å². The monoisotopic (exact) mass is 224 g/mol. The van der Waals surface area contributed by atoms with Crippen molar-refractivity contribution in [2.45, 2.75) is 0 Å². The lowest BCUT2D eigenvalue weighted by molar-refractivity contribution is 0.112. The second kappa shape index (κ2) is 3.60. The molecule has 0 bridgehead atoms. The highest BCUT2D eigenvalue weighted by atomic mass is 35.5. The van der Waals surface area contributed by atoms with Crippen LogP contribution in [0.1, 0.15) is 10.4 Å². The average Bonchev–Trinajstić information content (AvgIpc) is 2.16. The number of halogens is 2. The van der Waals surface area contributed by atoms with Gasteiger partial charge in [0, 0.05) is 21.0 Å². The minimum absolute atomic E-state index is 0.575. The number of rotatable bonds is 1. The highest BCUT2D eigenvalue weighted by Crippen LogP contribution is 2.28. The summed E-state index contributed by atoms with van der Waals surface area (Å²) >= 11 is 11.8. The van der Waals surface area contributed by atoms with Gasteiger partial charge in [-0.05, 0) is 23.6 Å². The van der Waals surface area contributed by atoms with Crippen LogP contribution in [0.4, 0.5) is 0 Å². The van der Waals surface area contributed by atoms with Crippen molar-refractivity contribution in [2.75, 3.05) is 0 Å². The Morgan fingerprint density at radius 3 is 2.57 bits per heavy atom. The van der Waals surface area contributed by atoms with E-state index in [1.807, 2.05) is 6.07 Å². The van der Waals surface area contributed by atoms with Crippen molar-refractivity contribution in [1.82, 2.24) is 0 Å². The van der Waals surface area contributed by atoms with Crippen LogP contribution in [0.3, 0.4) is 0 Å². The van der Waals surface area contributed by atoms with Crippen LogP contribution in [-0.4, -0.2) is 6.29 Å².